The molecule has 1 saturated heterocycles. The molecule has 7 heteroatoms. The molecule has 2 amide bonds. The van der Waals surface area contributed by atoms with Crippen LogP contribution >= 0.6 is 0 Å². The first-order valence-electron chi connectivity index (χ1n) is 9.74. The minimum atomic E-state index is -0.271. The van der Waals surface area contributed by atoms with E-state index in [0.717, 1.165) is 24.2 Å². The highest BCUT2D eigenvalue weighted by molar-refractivity contribution is 6.00. The van der Waals surface area contributed by atoms with Crippen LogP contribution in [-0.2, 0) is 4.79 Å². The van der Waals surface area contributed by atoms with E-state index in [1.54, 1.807) is 24.5 Å². The molecule has 1 aliphatic carbocycles. The fourth-order valence-electron chi connectivity index (χ4n) is 4.24. The topological polar surface area (TPSA) is 88.3 Å². The highest BCUT2D eigenvalue weighted by Crippen LogP contribution is 2.54. The number of hydrogen-bond donors (Lipinski definition) is 1. The summed E-state index contributed by atoms with van der Waals surface area (Å²) in [6.07, 6.45) is 4.12. The molecule has 29 heavy (non-hydrogen) atoms. The molecule has 3 atom stereocenters. The standard InChI is InChI=1S/C22H20N4O3/c27-21(18-11-19(29-25-18)14-5-4-9-23-12-14)24-10-8-16-17-13-26(22(28)20(16)17)15-6-2-1-3-7-15/h1-7,9,11-12,16-17,20H,8,10,13H2,(H,24,27)/t16-,17-,20+/m0/s1. The van der Waals surface area contributed by atoms with Crippen molar-refractivity contribution in [2.45, 2.75) is 6.42 Å². The molecule has 2 aliphatic rings. The van der Waals surface area contributed by atoms with Crippen LogP contribution in [0, 0.1) is 17.8 Å². The lowest BCUT2D eigenvalue weighted by Crippen LogP contribution is -2.31. The molecule has 0 spiro atoms. The first-order valence-corrected chi connectivity index (χ1v) is 9.74. The van der Waals surface area contributed by atoms with Gasteiger partial charge in [-0.25, -0.2) is 0 Å². The number of carbonyl (C=O) groups is 2. The summed E-state index contributed by atoms with van der Waals surface area (Å²) in [5.74, 6) is 1.28. The molecule has 3 aromatic rings. The summed E-state index contributed by atoms with van der Waals surface area (Å²) in [5.41, 5.74) is 1.98. The number of nitrogens with one attached hydrogen (secondary N) is 1. The van der Waals surface area contributed by atoms with E-state index < -0.39 is 0 Å². The van der Waals surface area contributed by atoms with Gasteiger partial charge < -0.3 is 14.7 Å². The number of nitrogens with zero attached hydrogens (tertiary/aromatic N) is 3. The van der Waals surface area contributed by atoms with Gasteiger partial charge in [-0.1, -0.05) is 23.4 Å². The van der Waals surface area contributed by atoms with Crippen molar-refractivity contribution in [3.8, 4) is 11.3 Å². The summed E-state index contributed by atoms with van der Waals surface area (Å²) >= 11 is 0. The molecule has 0 unspecified atom stereocenters. The van der Waals surface area contributed by atoms with Crippen molar-refractivity contribution in [1.29, 1.82) is 0 Å². The number of amides is 2. The highest BCUT2D eigenvalue weighted by atomic mass is 16.5. The van der Waals surface area contributed by atoms with Crippen LogP contribution in [0.3, 0.4) is 0 Å². The summed E-state index contributed by atoms with van der Waals surface area (Å²) in [6.45, 7) is 1.29. The van der Waals surface area contributed by atoms with E-state index in [0.29, 0.717) is 24.1 Å². The van der Waals surface area contributed by atoms with Gasteiger partial charge in [0.2, 0.25) is 5.91 Å². The average molecular weight is 388 g/mol. The number of fused-ring (bicyclic) bond motifs is 1. The predicted molar refractivity (Wildman–Crippen MR) is 106 cm³/mol. The third-order valence-electron chi connectivity index (χ3n) is 5.80. The number of anilines is 1. The van der Waals surface area contributed by atoms with E-state index in [2.05, 4.69) is 15.5 Å². The molecule has 1 saturated carbocycles. The second-order valence-corrected chi connectivity index (χ2v) is 7.50. The molecule has 1 aromatic carbocycles. The third-order valence-corrected chi connectivity index (χ3v) is 5.80. The Balaban J connectivity index is 1.12. The van der Waals surface area contributed by atoms with E-state index in [9.17, 15) is 9.59 Å². The summed E-state index contributed by atoms with van der Waals surface area (Å²) in [4.78, 5) is 30.8. The summed E-state index contributed by atoms with van der Waals surface area (Å²) in [7, 11) is 0. The zero-order valence-corrected chi connectivity index (χ0v) is 15.7. The SMILES string of the molecule is O=C(NCC[C@H]1[C@@H]2CN(c3ccccc3)C(=O)[C@H]12)c1cc(-c2cccnc2)on1. The minimum absolute atomic E-state index is 0.0938. The third kappa shape index (κ3) is 3.29. The average Bonchev–Trinajstić information content (AvgIpc) is 3.08. The van der Waals surface area contributed by atoms with E-state index in [4.69, 9.17) is 4.52 Å². The van der Waals surface area contributed by atoms with Gasteiger partial charge in [-0.2, -0.15) is 0 Å². The molecule has 3 heterocycles. The number of benzene rings is 1. The Labute approximate surface area is 167 Å². The Bertz CT molecular complexity index is 1030. The van der Waals surface area contributed by atoms with Crippen LogP contribution in [0.25, 0.3) is 11.3 Å². The summed E-state index contributed by atoms with van der Waals surface area (Å²) in [6, 6.07) is 15.0. The molecule has 2 fully saturated rings. The maximum Gasteiger partial charge on any atom is 0.273 e. The number of para-hydroxylation sites is 1. The number of piperidine rings is 1. The number of hydrogen-bond acceptors (Lipinski definition) is 5. The second kappa shape index (κ2) is 7.16. The van der Waals surface area contributed by atoms with Crippen LogP contribution in [0.5, 0.6) is 0 Å². The van der Waals surface area contributed by atoms with E-state index >= 15 is 0 Å². The molecule has 0 bridgehead atoms. The number of pyridine rings is 1. The van der Waals surface area contributed by atoms with Gasteiger partial charge in [-0.3, -0.25) is 14.6 Å². The molecule has 1 N–H and O–H groups in total. The molecule has 1 aliphatic heterocycles. The van der Waals surface area contributed by atoms with Crippen molar-refractivity contribution in [2.24, 2.45) is 17.8 Å². The number of aromatic nitrogens is 2. The van der Waals surface area contributed by atoms with Crippen LogP contribution in [0.15, 0.2) is 65.4 Å². The zero-order chi connectivity index (χ0) is 19.8. The van der Waals surface area contributed by atoms with Crippen LogP contribution in [0.4, 0.5) is 5.69 Å². The van der Waals surface area contributed by atoms with Gasteiger partial charge in [0.1, 0.15) is 0 Å². The Morgan fingerprint density at radius 3 is 2.79 bits per heavy atom. The summed E-state index contributed by atoms with van der Waals surface area (Å²) < 4.78 is 5.24. The van der Waals surface area contributed by atoms with Gasteiger partial charge in [0.25, 0.3) is 5.91 Å². The van der Waals surface area contributed by atoms with Gasteiger partial charge in [0.05, 0.1) is 0 Å². The van der Waals surface area contributed by atoms with E-state index in [1.165, 1.54) is 0 Å². The lowest BCUT2D eigenvalue weighted by molar-refractivity contribution is -0.119. The van der Waals surface area contributed by atoms with Crippen LogP contribution < -0.4 is 10.2 Å². The maximum absolute atomic E-state index is 12.6. The fourth-order valence-corrected chi connectivity index (χ4v) is 4.24. The monoisotopic (exact) mass is 388 g/mol. The summed E-state index contributed by atoms with van der Waals surface area (Å²) in [5, 5.41) is 6.72. The van der Waals surface area contributed by atoms with Crippen molar-refractivity contribution in [3.05, 3.63) is 66.6 Å². The Morgan fingerprint density at radius 1 is 1.21 bits per heavy atom. The largest absolute Gasteiger partial charge is 0.355 e. The highest BCUT2D eigenvalue weighted by Gasteiger charge is 2.60. The van der Waals surface area contributed by atoms with Gasteiger partial charge >= 0.3 is 0 Å². The fraction of sp³-hybridized carbons (Fsp3) is 0.273. The first kappa shape index (κ1) is 17.6. The molecule has 0 radical (unpaired) electrons. The van der Waals surface area contributed by atoms with Gasteiger partial charge in [0.15, 0.2) is 11.5 Å². The number of rotatable bonds is 6. The Morgan fingerprint density at radius 2 is 2.07 bits per heavy atom. The lowest BCUT2D eigenvalue weighted by Gasteiger charge is -2.20. The van der Waals surface area contributed by atoms with Crippen molar-refractivity contribution in [2.75, 3.05) is 18.0 Å². The first-order chi connectivity index (χ1) is 14.2. The van der Waals surface area contributed by atoms with Crippen molar-refractivity contribution in [3.63, 3.8) is 0 Å². The van der Waals surface area contributed by atoms with Crippen LogP contribution in [-0.4, -0.2) is 35.0 Å². The molecule has 7 nitrogen and oxygen atoms in total. The van der Waals surface area contributed by atoms with Crippen molar-refractivity contribution < 1.29 is 14.1 Å². The Hall–Kier alpha value is -3.48. The minimum Gasteiger partial charge on any atom is -0.355 e. The molecule has 5 rings (SSSR count). The Kier molecular flexibility index (Phi) is 4.35. The second-order valence-electron chi connectivity index (χ2n) is 7.50. The van der Waals surface area contributed by atoms with Gasteiger partial charge in [-0.05, 0) is 42.5 Å². The van der Waals surface area contributed by atoms with Crippen molar-refractivity contribution >= 4 is 17.5 Å². The van der Waals surface area contributed by atoms with Gasteiger partial charge in [-0.15, -0.1) is 0 Å². The van der Waals surface area contributed by atoms with Crippen LogP contribution in [0.2, 0.25) is 0 Å². The normalized spacial score (nSPS) is 22.4. The zero-order valence-electron chi connectivity index (χ0n) is 15.7. The van der Waals surface area contributed by atoms with Crippen molar-refractivity contribution in [1.82, 2.24) is 15.5 Å². The smallest absolute Gasteiger partial charge is 0.273 e. The maximum atomic E-state index is 12.6. The quantitative estimate of drug-likeness (QED) is 0.701. The van der Waals surface area contributed by atoms with E-state index in [-0.39, 0.29) is 23.4 Å². The van der Waals surface area contributed by atoms with Gasteiger partial charge in [0, 0.05) is 48.7 Å². The molecular weight excluding hydrogens is 368 g/mol. The molecule has 146 valence electrons. The number of carbonyl (C=O) groups excluding carboxylic acids is 2. The molecule has 2 aromatic heterocycles. The molecular formula is C22H20N4O3. The predicted octanol–water partition coefficient (Wildman–Crippen LogP) is 2.77. The van der Waals surface area contributed by atoms with Crippen LogP contribution in [0.1, 0.15) is 16.9 Å². The van der Waals surface area contributed by atoms with E-state index in [1.807, 2.05) is 41.3 Å². The lowest BCUT2D eigenvalue weighted by atomic mass is 10.1.